The van der Waals surface area contributed by atoms with Crippen LogP contribution in [0, 0.1) is 6.92 Å². The van der Waals surface area contributed by atoms with E-state index in [1.165, 1.54) is 0 Å². The van der Waals surface area contributed by atoms with Crippen LogP contribution < -0.4 is 5.32 Å². The molecule has 0 bridgehead atoms. The number of likely N-dealkylation sites (N-methyl/N-ethyl adjacent to an activating group) is 1. The summed E-state index contributed by atoms with van der Waals surface area (Å²) in [5.74, 6) is 0.0574. The fraction of sp³-hybridized carbons (Fsp3) is 0.647. The Morgan fingerprint density at radius 3 is 2.65 bits per heavy atom. The molecule has 0 radical (unpaired) electrons. The van der Waals surface area contributed by atoms with Crippen molar-refractivity contribution in [2.75, 3.05) is 20.1 Å². The lowest BCUT2D eigenvalue weighted by molar-refractivity contribution is 0.0691. The lowest BCUT2D eigenvalue weighted by Crippen LogP contribution is -2.47. The molecular formula is C17H28ClN3O2. The van der Waals surface area contributed by atoms with Crippen molar-refractivity contribution >= 4 is 24.1 Å². The summed E-state index contributed by atoms with van der Waals surface area (Å²) in [4.78, 5) is 29.9. The van der Waals surface area contributed by atoms with Gasteiger partial charge < -0.3 is 15.2 Å². The summed E-state index contributed by atoms with van der Waals surface area (Å²) >= 11 is 0. The highest BCUT2D eigenvalue weighted by atomic mass is 35.5. The molecule has 1 saturated heterocycles. The van der Waals surface area contributed by atoms with Gasteiger partial charge >= 0.3 is 0 Å². The molecule has 1 amide bonds. The number of nitrogens with one attached hydrogen (secondary N) is 2. The van der Waals surface area contributed by atoms with Gasteiger partial charge in [0.05, 0.1) is 0 Å². The molecule has 5 nitrogen and oxygen atoms in total. The first-order chi connectivity index (χ1) is 10.5. The minimum Gasteiger partial charge on any atom is -0.354 e. The van der Waals surface area contributed by atoms with Crippen molar-refractivity contribution < 1.29 is 9.59 Å². The summed E-state index contributed by atoms with van der Waals surface area (Å²) in [7, 11) is 1.94. The average molecular weight is 342 g/mol. The molecule has 1 fully saturated rings. The second-order valence-corrected chi connectivity index (χ2v) is 6.16. The lowest BCUT2D eigenvalue weighted by atomic mass is 9.99. The smallest absolute Gasteiger partial charge is 0.270 e. The highest BCUT2D eigenvalue weighted by molar-refractivity contribution is 6.02. The van der Waals surface area contributed by atoms with Crippen LogP contribution in [0.4, 0.5) is 0 Å². The van der Waals surface area contributed by atoms with E-state index in [0.717, 1.165) is 50.0 Å². The third-order valence-electron chi connectivity index (χ3n) is 4.47. The zero-order valence-corrected chi connectivity index (χ0v) is 15.3. The third-order valence-corrected chi connectivity index (χ3v) is 4.47. The number of likely N-dealkylation sites (tertiary alicyclic amines) is 1. The number of aromatic nitrogens is 1. The molecule has 130 valence electrons. The van der Waals surface area contributed by atoms with Crippen molar-refractivity contribution in [2.24, 2.45) is 0 Å². The second kappa shape index (κ2) is 8.50. The Kier molecular flexibility index (Phi) is 7.29. The van der Waals surface area contributed by atoms with Crippen LogP contribution in [0.5, 0.6) is 0 Å². The Morgan fingerprint density at radius 1 is 1.39 bits per heavy atom. The van der Waals surface area contributed by atoms with Crippen molar-refractivity contribution in [1.29, 1.82) is 0 Å². The Balaban J connectivity index is 0.00000264. The molecule has 23 heavy (non-hydrogen) atoms. The van der Waals surface area contributed by atoms with Crippen LogP contribution in [0.1, 0.15) is 65.2 Å². The number of H-pyrrole nitrogens is 1. The molecule has 2 N–H and O–H groups in total. The number of aromatic amines is 1. The molecule has 2 heterocycles. The van der Waals surface area contributed by atoms with Gasteiger partial charge in [-0.05, 0) is 45.7 Å². The second-order valence-electron chi connectivity index (χ2n) is 6.16. The zero-order chi connectivity index (χ0) is 16.3. The number of hydrogen-bond donors (Lipinski definition) is 2. The number of rotatable bonds is 5. The van der Waals surface area contributed by atoms with Crippen LogP contribution in [-0.2, 0) is 6.42 Å². The standard InChI is InChI=1S/C17H27N3O2.ClH/c1-5-7-14-15(12(3)21)11(2)19-16(14)17(22)20-9-6-8-13(10-20)18-4;/h13,18-19H,5-10H2,1-4H3;1H. The number of amides is 1. The molecule has 0 saturated carbocycles. The maximum Gasteiger partial charge on any atom is 0.270 e. The molecule has 0 aliphatic carbocycles. The van der Waals surface area contributed by atoms with Gasteiger partial charge in [0.2, 0.25) is 0 Å². The highest BCUT2D eigenvalue weighted by Crippen LogP contribution is 2.24. The minimum absolute atomic E-state index is 0. The molecular weight excluding hydrogens is 314 g/mol. The van der Waals surface area contributed by atoms with Crippen molar-refractivity contribution in [3.8, 4) is 0 Å². The number of carbonyl (C=O) groups is 2. The van der Waals surface area contributed by atoms with E-state index in [2.05, 4.69) is 17.2 Å². The Bertz CT molecular complexity index is 568. The maximum absolute atomic E-state index is 12.9. The first-order valence-electron chi connectivity index (χ1n) is 8.18. The van der Waals surface area contributed by atoms with Crippen molar-refractivity contribution in [3.63, 3.8) is 0 Å². The molecule has 1 aromatic rings. The average Bonchev–Trinajstić information content (AvgIpc) is 2.83. The Labute approximate surface area is 144 Å². The van der Waals surface area contributed by atoms with Gasteiger partial charge in [0.1, 0.15) is 5.69 Å². The molecule has 1 unspecified atom stereocenters. The van der Waals surface area contributed by atoms with E-state index < -0.39 is 0 Å². The number of ketones is 1. The van der Waals surface area contributed by atoms with Crippen LogP contribution in [0.15, 0.2) is 0 Å². The van der Waals surface area contributed by atoms with Crippen molar-refractivity contribution in [1.82, 2.24) is 15.2 Å². The SMILES string of the molecule is CCCc1c(C(=O)N2CCCC(NC)C2)[nH]c(C)c1C(C)=O.Cl. The largest absolute Gasteiger partial charge is 0.354 e. The number of Topliss-reactive ketones (excluding diaryl/α,β-unsaturated/α-hetero) is 1. The van der Waals surface area contributed by atoms with Gasteiger partial charge in [-0.3, -0.25) is 9.59 Å². The first kappa shape index (κ1) is 19.7. The van der Waals surface area contributed by atoms with Gasteiger partial charge in [0.15, 0.2) is 5.78 Å². The maximum atomic E-state index is 12.9. The number of aryl methyl sites for hydroxylation is 1. The van der Waals surface area contributed by atoms with Gasteiger partial charge in [-0.2, -0.15) is 0 Å². The van der Waals surface area contributed by atoms with Crippen LogP contribution in [0.25, 0.3) is 0 Å². The van der Waals surface area contributed by atoms with Crippen LogP contribution >= 0.6 is 12.4 Å². The van der Waals surface area contributed by atoms with E-state index in [4.69, 9.17) is 0 Å². The molecule has 1 atom stereocenters. The molecule has 1 aromatic heterocycles. The number of nitrogens with zero attached hydrogens (tertiary/aromatic N) is 1. The molecule has 6 heteroatoms. The normalized spacial score (nSPS) is 17.7. The molecule has 0 aromatic carbocycles. The van der Waals surface area contributed by atoms with Crippen molar-refractivity contribution in [2.45, 2.75) is 52.5 Å². The van der Waals surface area contributed by atoms with Gasteiger partial charge in [0.25, 0.3) is 5.91 Å². The third kappa shape index (κ3) is 4.15. The Morgan fingerprint density at radius 2 is 2.09 bits per heavy atom. The van der Waals surface area contributed by atoms with Crippen molar-refractivity contribution in [3.05, 3.63) is 22.5 Å². The molecule has 1 aliphatic heterocycles. The van der Waals surface area contributed by atoms with E-state index in [1.54, 1.807) is 6.92 Å². The van der Waals surface area contributed by atoms with Gasteiger partial charge in [-0.1, -0.05) is 13.3 Å². The van der Waals surface area contributed by atoms with Crippen LogP contribution in [-0.4, -0.2) is 47.8 Å². The van der Waals surface area contributed by atoms with Gasteiger partial charge in [-0.25, -0.2) is 0 Å². The zero-order valence-electron chi connectivity index (χ0n) is 14.5. The predicted molar refractivity (Wildman–Crippen MR) is 94.8 cm³/mol. The molecule has 2 rings (SSSR count). The number of carbonyl (C=O) groups excluding carboxylic acids is 2. The van der Waals surface area contributed by atoms with E-state index in [0.29, 0.717) is 17.3 Å². The first-order valence-corrected chi connectivity index (χ1v) is 8.18. The molecule has 0 spiro atoms. The van der Waals surface area contributed by atoms with Gasteiger partial charge in [-0.15, -0.1) is 12.4 Å². The van der Waals surface area contributed by atoms with Crippen LogP contribution in [0.2, 0.25) is 0 Å². The van der Waals surface area contributed by atoms with E-state index >= 15 is 0 Å². The fourth-order valence-corrected chi connectivity index (χ4v) is 3.39. The predicted octanol–water partition coefficient (Wildman–Crippen LogP) is 2.72. The summed E-state index contributed by atoms with van der Waals surface area (Å²) in [5, 5.41) is 3.26. The number of halogens is 1. The Hall–Kier alpha value is -1.33. The van der Waals surface area contributed by atoms with E-state index in [9.17, 15) is 9.59 Å². The monoisotopic (exact) mass is 341 g/mol. The fourth-order valence-electron chi connectivity index (χ4n) is 3.39. The summed E-state index contributed by atoms with van der Waals surface area (Å²) in [6, 6.07) is 0.357. The number of piperidine rings is 1. The lowest BCUT2D eigenvalue weighted by Gasteiger charge is -2.32. The van der Waals surface area contributed by atoms with E-state index in [1.807, 2.05) is 18.9 Å². The topological polar surface area (TPSA) is 65.2 Å². The summed E-state index contributed by atoms with van der Waals surface area (Å²) in [6.07, 6.45) is 3.78. The summed E-state index contributed by atoms with van der Waals surface area (Å²) in [5.41, 5.74) is 3.01. The quantitative estimate of drug-likeness (QED) is 0.809. The van der Waals surface area contributed by atoms with E-state index in [-0.39, 0.29) is 24.1 Å². The summed E-state index contributed by atoms with van der Waals surface area (Å²) in [6.45, 7) is 7.03. The van der Waals surface area contributed by atoms with Crippen LogP contribution in [0.3, 0.4) is 0 Å². The summed E-state index contributed by atoms with van der Waals surface area (Å²) < 4.78 is 0. The highest BCUT2D eigenvalue weighted by Gasteiger charge is 2.28. The van der Waals surface area contributed by atoms with Gasteiger partial charge in [0, 0.05) is 30.4 Å². The minimum atomic E-state index is 0. The molecule has 1 aliphatic rings. The number of hydrogen-bond acceptors (Lipinski definition) is 3.